The topological polar surface area (TPSA) is 60.8 Å². The van der Waals surface area contributed by atoms with Gasteiger partial charge in [-0.2, -0.15) is 0 Å². The summed E-state index contributed by atoms with van der Waals surface area (Å²) < 4.78 is 12.4. The minimum absolute atomic E-state index is 0.409. The minimum Gasteiger partial charge on any atom is -0.419 e. The lowest BCUT2D eigenvalue weighted by molar-refractivity contribution is -0.145. The van der Waals surface area contributed by atoms with Crippen LogP contribution in [0, 0.1) is 0 Å². The predicted octanol–water partition coefficient (Wildman–Crippen LogP) is 1.51. The highest BCUT2D eigenvalue weighted by molar-refractivity contribution is 6.33. The molecule has 1 aromatic carbocycles. The van der Waals surface area contributed by atoms with Crippen LogP contribution in [0.2, 0.25) is 0 Å². The lowest BCUT2D eigenvalue weighted by Crippen LogP contribution is -2.36. The van der Waals surface area contributed by atoms with E-state index in [0.717, 1.165) is 42.9 Å². The van der Waals surface area contributed by atoms with Crippen molar-refractivity contribution in [1.29, 1.82) is 0 Å². The summed E-state index contributed by atoms with van der Waals surface area (Å²) in [5, 5.41) is 0.814. The van der Waals surface area contributed by atoms with Gasteiger partial charge in [-0.3, -0.25) is 4.79 Å². The molecule has 1 fully saturated rings. The summed E-state index contributed by atoms with van der Waals surface area (Å²) in [6.45, 7) is 4.38. The Kier molecular flexibility index (Phi) is 3.85. The molecule has 0 aliphatic carbocycles. The Bertz CT molecular complexity index is 729. The fraction of sp³-hybridized carbons (Fsp3) is 0.375. The molecule has 0 bridgehead atoms. The SMILES string of the molecule is CC(=O)C(=O)Oc1cn(C)c2cc(N3CCOCC3)ccc12. The van der Waals surface area contributed by atoms with E-state index in [1.807, 2.05) is 23.7 Å². The Morgan fingerprint density at radius 1 is 1.23 bits per heavy atom. The predicted molar refractivity (Wildman–Crippen MR) is 82.3 cm³/mol. The highest BCUT2D eigenvalue weighted by Gasteiger charge is 2.17. The Hall–Kier alpha value is -2.34. The molecule has 116 valence electrons. The van der Waals surface area contributed by atoms with E-state index in [-0.39, 0.29) is 0 Å². The normalized spacial score (nSPS) is 15.1. The van der Waals surface area contributed by atoms with Crippen molar-refractivity contribution in [2.45, 2.75) is 6.92 Å². The molecular weight excluding hydrogens is 284 g/mol. The number of carbonyl (C=O) groups excluding carboxylic acids is 2. The van der Waals surface area contributed by atoms with E-state index in [1.165, 1.54) is 6.92 Å². The molecule has 1 aromatic heterocycles. The number of rotatable bonds is 3. The monoisotopic (exact) mass is 302 g/mol. The molecule has 0 spiro atoms. The fourth-order valence-electron chi connectivity index (χ4n) is 2.61. The molecule has 0 N–H and O–H groups in total. The fourth-order valence-corrected chi connectivity index (χ4v) is 2.61. The quantitative estimate of drug-likeness (QED) is 0.635. The number of fused-ring (bicyclic) bond motifs is 1. The van der Waals surface area contributed by atoms with Crippen LogP contribution in [0.15, 0.2) is 24.4 Å². The van der Waals surface area contributed by atoms with Crippen LogP contribution < -0.4 is 9.64 Å². The minimum atomic E-state index is -0.843. The number of aromatic nitrogens is 1. The van der Waals surface area contributed by atoms with Gasteiger partial charge in [-0.25, -0.2) is 4.79 Å². The summed E-state index contributed by atoms with van der Waals surface area (Å²) in [7, 11) is 1.89. The lowest BCUT2D eigenvalue weighted by Gasteiger charge is -2.28. The summed E-state index contributed by atoms with van der Waals surface area (Å²) in [5.74, 6) is -1.04. The van der Waals surface area contributed by atoms with Gasteiger partial charge in [0.15, 0.2) is 5.75 Å². The van der Waals surface area contributed by atoms with E-state index < -0.39 is 11.8 Å². The standard InChI is InChI=1S/C16H18N2O4/c1-11(19)16(20)22-15-10-17(2)14-9-12(3-4-13(14)15)18-5-7-21-8-6-18/h3-4,9-10H,5-8H2,1-2H3. The number of morpholine rings is 1. The highest BCUT2D eigenvalue weighted by atomic mass is 16.5. The highest BCUT2D eigenvalue weighted by Crippen LogP contribution is 2.31. The summed E-state index contributed by atoms with van der Waals surface area (Å²) in [6, 6.07) is 5.98. The molecule has 0 amide bonds. The van der Waals surface area contributed by atoms with Crippen molar-refractivity contribution in [3.05, 3.63) is 24.4 Å². The summed E-state index contributed by atoms with van der Waals surface area (Å²) in [4.78, 5) is 24.8. The van der Waals surface area contributed by atoms with Crippen LogP contribution >= 0.6 is 0 Å². The van der Waals surface area contributed by atoms with E-state index in [0.29, 0.717) is 5.75 Å². The van der Waals surface area contributed by atoms with Crippen molar-refractivity contribution < 1.29 is 19.1 Å². The van der Waals surface area contributed by atoms with Gasteiger partial charge < -0.3 is 18.9 Å². The van der Waals surface area contributed by atoms with E-state index in [9.17, 15) is 9.59 Å². The van der Waals surface area contributed by atoms with Gasteiger partial charge in [0.25, 0.3) is 0 Å². The lowest BCUT2D eigenvalue weighted by atomic mass is 10.2. The van der Waals surface area contributed by atoms with Gasteiger partial charge in [0.1, 0.15) is 0 Å². The molecule has 2 heterocycles. The van der Waals surface area contributed by atoms with Crippen LogP contribution in [0.5, 0.6) is 5.75 Å². The van der Waals surface area contributed by atoms with Crippen LogP contribution in [0.1, 0.15) is 6.92 Å². The van der Waals surface area contributed by atoms with Gasteiger partial charge in [-0.15, -0.1) is 0 Å². The average molecular weight is 302 g/mol. The molecule has 0 radical (unpaired) electrons. The van der Waals surface area contributed by atoms with Gasteiger partial charge in [0.05, 0.1) is 18.7 Å². The number of aryl methyl sites for hydroxylation is 1. The van der Waals surface area contributed by atoms with Crippen LogP contribution in [0.4, 0.5) is 5.69 Å². The number of nitrogens with zero attached hydrogens (tertiary/aromatic N) is 2. The molecule has 22 heavy (non-hydrogen) atoms. The zero-order valence-corrected chi connectivity index (χ0v) is 12.7. The summed E-state index contributed by atoms with van der Waals surface area (Å²) >= 11 is 0. The van der Waals surface area contributed by atoms with Gasteiger partial charge in [-0.05, 0) is 18.2 Å². The smallest absolute Gasteiger partial charge is 0.379 e. The van der Waals surface area contributed by atoms with Crippen LogP contribution in [0.25, 0.3) is 10.9 Å². The Balaban J connectivity index is 1.94. The number of anilines is 1. The maximum Gasteiger partial charge on any atom is 0.379 e. The number of carbonyl (C=O) groups is 2. The van der Waals surface area contributed by atoms with E-state index in [4.69, 9.17) is 9.47 Å². The average Bonchev–Trinajstić information content (AvgIpc) is 2.84. The Labute approximate surface area is 128 Å². The first-order valence-corrected chi connectivity index (χ1v) is 7.21. The number of ether oxygens (including phenoxy) is 2. The maximum absolute atomic E-state index is 11.5. The van der Waals surface area contributed by atoms with Crippen molar-refractivity contribution in [3.8, 4) is 5.75 Å². The number of ketones is 1. The maximum atomic E-state index is 11.5. The first-order chi connectivity index (χ1) is 10.6. The summed E-state index contributed by atoms with van der Waals surface area (Å²) in [6.07, 6.45) is 1.72. The van der Waals surface area contributed by atoms with Crippen molar-refractivity contribution in [2.24, 2.45) is 7.05 Å². The van der Waals surface area contributed by atoms with Crippen LogP contribution in [0.3, 0.4) is 0 Å². The first-order valence-electron chi connectivity index (χ1n) is 7.21. The van der Waals surface area contributed by atoms with E-state index >= 15 is 0 Å². The third kappa shape index (κ3) is 2.69. The van der Waals surface area contributed by atoms with E-state index in [1.54, 1.807) is 6.20 Å². The first kappa shape index (κ1) is 14.6. The molecule has 0 unspecified atom stereocenters. The Morgan fingerprint density at radius 3 is 2.64 bits per heavy atom. The van der Waals surface area contributed by atoms with Gasteiger partial charge in [0.2, 0.25) is 5.78 Å². The third-order valence-corrected chi connectivity index (χ3v) is 3.80. The van der Waals surface area contributed by atoms with Crippen molar-refractivity contribution in [3.63, 3.8) is 0 Å². The third-order valence-electron chi connectivity index (χ3n) is 3.80. The second-order valence-corrected chi connectivity index (χ2v) is 5.35. The molecule has 3 rings (SSSR count). The molecule has 2 aromatic rings. The van der Waals surface area contributed by atoms with Gasteiger partial charge >= 0.3 is 5.97 Å². The van der Waals surface area contributed by atoms with Crippen LogP contribution in [-0.2, 0) is 21.4 Å². The molecule has 0 atom stereocenters. The number of benzene rings is 1. The van der Waals surface area contributed by atoms with E-state index in [2.05, 4.69) is 11.0 Å². The van der Waals surface area contributed by atoms with Crippen molar-refractivity contribution in [1.82, 2.24) is 4.57 Å². The second-order valence-electron chi connectivity index (χ2n) is 5.35. The molecule has 0 saturated carbocycles. The molecular formula is C16H18N2O4. The number of hydrogen-bond donors (Lipinski definition) is 0. The van der Waals surface area contributed by atoms with Crippen LogP contribution in [-0.4, -0.2) is 42.6 Å². The number of Topliss-reactive ketones (excluding diaryl/α,β-unsaturated/α-hetero) is 1. The zero-order chi connectivity index (χ0) is 15.7. The van der Waals surface area contributed by atoms with Gasteiger partial charge in [0, 0.05) is 44.3 Å². The molecule has 1 saturated heterocycles. The second kappa shape index (κ2) is 5.81. The molecule has 6 heteroatoms. The Morgan fingerprint density at radius 2 is 1.95 bits per heavy atom. The molecule has 1 aliphatic rings. The zero-order valence-electron chi connectivity index (χ0n) is 12.7. The summed E-state index contributed by atoms with van der Waals surface area (Å²) in [5.41, 5.74) is 2.07. The van der Waals surface area contributed by atoms with Gasteiger partial charge in [-0.1, -0.05) is 0 Å². The molecule has 1 aliphatic heterocycles. The van der Waals surface area contributed by atoms with Crippen molar-refractivity contribution >= 4 is 28.3 Å². The van der Waals surface area contributed by atoms with Crippen molar-refractivity contribution in [2.75, 3.05) is 31.2 Å². The number of esters is 1. The number of hydrogen-bond acceptors (Lipinski definition) is 5. The largest absolute Gasteiger partial charge is 0.419 e. The molecule has 6 nitrogen and oxygen atoms in total.